The quantitative estimate of drug-likeness (QED) is 0.680. The minimum atomic E-state index is -0.274. The molecular formula is C10H11NO. The van der Waals surface area contributed by atoms with Crippen molar-refractivity contribution in [3.8, 4) is 0 Å². The standard InChI is InChI=1S/C10H11NO/c1-2-11-10(8-12)9-6-4-3-5-7-9/h2-8,10-11H,1H2. The summed E-state index contributed by atoms with van der Waals surface area (Å²) in [6.07, 6.45) is 2.38. The molecule has 0 saturated heterocycles. The minimum Gasteiger partial charge on any atom is -0.378 e. The van der Waals surface area contributed by atoms with E-state index in [1.165, 1.54) is 6.20 Å². The molecule has 1 rings (SSSR count). The summed E-state index contributed by atoms with van der Waals surface area (Å²) >= 11 is 0. The van der Waals surface area contributed by atoms with Crippen molar-refractivity contribution in [2.45, 2.75) is 6.04 Å². The first kappa shape index (κ1) is 8.53. The highest BCUT2D eigenvalue weighted by Gasteiger charge is 2.05. The molecule has 0 saturated carbocycles. The van der Waals surface area contributed by atoms with Gasteiger partial charge in [-0.25, -0.2) is 0 Å². The number of nitrogens with one attached hydrogen (secondary N) is 1. The first-order valence-corrected chi connectivity index (χ1v) is 3.75. The van der Waals surface area contributed by atoms with E-state index in [1.54, 1.807) is 0 Å². The molecule has 0 fully saturated rings. The van der Waals surface area contributed by atoms with Crippen molar-refractivity contribution in [1.82, 2.24) is 5.32 Å². The van der Waals surface area contributed by atoms with E-state index in [4.69, 9.17) is 0 Å². The molecule has 0 spiro atoms. The Labute approximate surface area is 71.9 Å². The maximum Gasteiger partial charge on any atom is 0.146 e. The van der Waals surface area contributed by atoms with Crippen LogP contribution in [-0.4, -0.2) is 6.29 Å². The summed E-state index contributed by atoms with van der Waals surface area (Å²) in [7, 11) is 0. The van der Waals surface area contributed by atoms with Crippen LogP contribution in [0, 0.1) is 0 Å². The molecule has 0 amide bonds. The molecule has 0 radical (unpaired) electrons. The third-order valence-corrected chi connectivity index (χ3v) is 1.59. The van der Waals surface area contributed by atoms with E-state index in [-0.39, 0.29) is 6.04 Å². The van der Waals surface area contributed by atoms with Gasteiger partial charge in [0, 0.05) is 0 Å². The van der Waals surface area contributed by atoms with Crippen molar-refractivity contribution in [2.24, 2.45) is 0 Å². The third-order valence-electron chi connectivity index (χ3n) is 1.59. The van der Waals surface area contributed by atoms with E-state index in [1.807, 2.05) is 30.3 Å². The predicted octanol–water partition coefficient (Wildman–Crippen LogP) is 1.66. The first-order chi connectivity index (χ1) is 5.88. The summed E-state index contributed by atoms with van der Waals surface area (Å²) in [5.41, 5.74) is 0.951. The summed E-state index contributed by atoms with van der Waals surface area (Å²) < 4.78 is 0. The highest BCUT2D eigenvalue weighted by molar-refractivity contribution is 5.61. The molecular weight excluding hydrogens is 150 g/mol. The van der Waals surface area contributed by atoms with Crippen LogP contribution >= 0.6 is 0 Å². The fourth-order valence-corrected chi connectivity index (χ4v) is 1.00. The fourth-order valence-electron chi connectivity index (χ4n) is 1.00. The van der Waals surface area contributed by atoms with Gasteiger partial charge in [-0.3, -0.25) is 0 Å². The Morgan fingerprint density at radius 3 is 2.50 bits per heavy atom. The predicted molar refractivity (Wildman–Crippen MR) is 48.6 cm³/mol. The summed E-state index contributed by atoms with van der Waals surface area (Å²) in [6, 6.07) is 9.24. The lowest BCUT2D eigenvalue weighted by atomic mass is 10.1. The maximum atomic E-state index is 10.6. The van der Waals surface area contributed by atoms with Crippen molar-refractivity contribution in [2.75, 3.05) is 0 Å². The molecule has 0 bridgehead atoms. The van der Waals surface area contributed by atoms with E-state index in [9.17, 15) is 4.79 Å². The van der Waals surface area contributed by atoms with E-state index in [0.29, 0.717) is 0 Å². The van der Waals surface area contributed by atoms with Crippen LogP contribution in [0.15, 0.2) is 43.1 Å². The Morgan fingerprint density at radius 2 is 2.00 bits per heavy atom. The van der Waals surface area contributed by atoms with Crippen LogP contribution in [0.2, 0.25) is 0 Å². The fraction of sp³-hybridized carbons (Fsp3) is 0.100. The zero-order chi connectivity index (χ0) is 8.81. The van der Waals surface area contributed by atoms with Gasteiger partial charge in [0.1, 0.15) is 12.3 Å². The zero-order valence-electron chi connectivity index (χ0n) is 6.73. The Bertz CT molecular complexity index is 256. The van der Waals surface area contributed by atoms with Crippen LogP contribution in [0.5, 0.6) is 0 Å². The lowest BCUT2D eigenvalue weighted by molar-refractivity contribution is -0.109. The Kier molecular flexibility index (Phi) is 3.08. The molecule has 12 heavy (non-hydrogen) atoms. The number of aldehydes is 1. The Balaban J connectivity index is 2.79. The van der Waals surface area contributed by atoms with Crippen LogP contribution in [0.25, 0.3) is 0 Å². The van der Waals surface area contributed by atoms with Crippen LogP contribution in [-0.2, 0) is 4.79 Å². The van der Waals surface area contributed by atoms with Crippen LogP contribution in [0.3, 0.4) is 0 Å². The zero-order valence-corrected chi connectivity index (χ0v) is 6.73. The van der Waals surface area contributed by atoms with Crippen molar-refractivity contribution in [1.29, 1.82) is 0 Å². The number of carbonyl (C=O) groups is 1. The van der Waals surface area contributed by atoms with Gasteiger partial charge in [0.05, 0.1) is 0 Å². The Morgan fingerprint density at radius 1 is 1.33 bits per heavy atom. The highest BCUT2D eigenvalue weighted by Crippen LogP contribution is 2.08. The number of hydrogen-bond donors (Lipinski definition) is 1. The largest absolute Gasteiger partial charge is 0.378 e. The van der Waals surface area contributed by atoms with Crippen molar-refractivity contribution < 1.29 is 4.79 Å². The lowest BCUT2D eigenvalue weighted by Gasteiger charge is -2.09. The van der Waals surface area contributed by atoms with Gasteiger partial charge in [0.2, 0.25) is 0 Å². The number of rotatable bonds is 4. The second-order valence-electron chi connectivity index (χ2n) is 2.40. The maximum absolute atomic E-state index is 10.6. The van der Waals surface area contributed by atoms with Crippen molar-refractivity contribution >= 4 is 6.29 Å². The summed E-state index contributed by atoms with van der Waals surface area (Å²) in [5.74, 6) is 0. The van der Waals surface area contributed by atoms with Crippen LogP contribution < -0.4 is 5.32 Å². The van der Waals surface area contributed by atoms with E-state index < -0.39 is 0 Å². The Hall–Kier alpha value is -1.57. The summed E-state index contributed by atoms with van der Waals surface area (Å²) in [6.45, 7) is 3.50. The van der Waals surface area contributed by atoms with Crippen molar-refractivity contribution in [3.05, 3.63) is 48.7 Å². The van der Waals surface area contributed by atoms with E-state index >= 15 is 0 Å². The van der Waals surface area contributed by atoms with Gasteiger partial charge in [0.25, 0.3) is 0 Å². The van der Waals surface area contributed by atoms with Gasteiger partial charge in [0.15, 0.2) is 0 Å². The lowest BCUT2D eigenvalue weighted by Crippen LogP contribution is -2.15. The molecule has 1 N–H and O–H groups in total. The van der Waals surface area contributed by atoms with Crippen LogP contribution in [0.4, 0.5) is 0 Å². The number of carbonyl (C=O) groups excluding carboxylic acids is 1. The first-order valence-electron chi connectivity index (χ1n) is 3.75. The molecule has 0 aliphatic carbocycles. The average molecular weight is 161 g/mol. The molecule has 1 unspecified atom stereocenters. The van der Waals surface area contributed by atoms with Gasteiger partial charge >= 0.3 is 0 Å². The molecule has 1 aromatic rings. The SMILES string of the molecule is C=CNC(C=O)c1ccccc1. The molecule has 0 heterocycles. The molecule has 2 heteroatoms. The topological polar surface area (TPSA) is 29.1 Å². The van der Waals surface area contributed by atoms with Gasteiger partial charge in [-0.15, -0.1) is 0 Å². The molecule has 2 nitrogen and oxygen atoms in total. The highest BCUT2D eigenvalue weighted by atomic mass is 16.1. The average Bonchev–Trinajstić information content (AvgIpc) is 2.15. The second kappa shape index (κ2) is 4.34. The van der Waals surface area contributed by atoms with E-state index in [0.717, 1.165) is 11.8 Å². The van der Waals surface area contributed by atoms with Crippen molar-refractivity contribution in [3.63, 3.8) is 0 Å². The minimum absolute atomic E-state index is 0.274. The number of benzene rings is 1. The van der Waals surface area contributed by atoms with Gasteiger partial charge in [-0.1, -0.05) is 36.9 Å². The van der Waals surface area contributed by atoms with Crippen LogP contribution in [0.1, 0.15) is 11.6 Å². The molecule has 0 aliphatic rings. The van der Waals surface area contributed by atoms with Gasteiger partial charge in [-0.2, -0.15) is 0 Å². The molecule has 62 valence electrons. The normalized spacial score (nSPS) is 11.7. The monoisotopic (exact) mass is 161 g/mol. The number of hydrogen-bond acceptors (Lipinski definition) is 2. The molecule has 1 atom stereocenters. The summed E-state index contributed by atoms with van der Waals surface area (Å²) in [5, 5.41) is 2.84. The molecule has 0 aromatic heterocycles. The summed E-state index contributed by atoms with van der Waals surface area (Å²) in [4.78, 5) is 10.6. The second-order valence-corrected chi connectivity index (χ2v) is 2.40. The third kappa shape index (κ3) is 1.95. The molecule has 0 aliphatic heterocycles. The molecule has 1 aromatic carbocycles. The van der Waals surface area contributed by atoms with Gasteiger partial charge < -0.3 is 10.1 Å². The smallest absolute Gasteiger partial charge is 0.146 e. The van der Waals surface area contributed by atoms with Gasteiger partial charge in [-0.05, 0) is 11.8 Å². The van der Waals surface area contributed by atoms with E-state index in [2.05, 4.69) is 11.9 Å².